The number of rotatable bonds is 4. The zero-order valence-corrected chi connectivity index (χ0v) is 13.8. The third kappa shape index (κ3) is 3.90. The summed E-state index contributed by atoms with van der Waals surface area (Å²) in [7, 11) is 0. The Morgan fingerprint density at radius 2 is 1.84 bits per heavy atom. The molecule has 1 heterocycles. The zero-order valence-electron chi connectivity index (χ0n) is 11.6. The second-order valence-electron chi connectivity index (χ2n) is 5.60. The molecule has 1 atom stereocenters. The SMILES string of the molecule is CC(C)(C(O)Cc1ccc(I)cc1)N1CCOCC1. The van der Waals surface area contributed by atoms with Crippen LogP contribution in [0.25, 0.3) is 0 Å². The van der Waals surface area contributed by atoms with Crippen molar-refractivity contribution in [1.29, 1.82) is 0 Å². The molecular formula is C15H22INO2. The van der Waals surface area contributed by atoms with E-state index in [9.17, 15) is 5.11 Å². The second kappa shape index (κ2) is 6.52. The lowest BCUT2D eigenvalue weighted by Gasteiger charge is -2.43. The summed E-state index contributed by atoms with van der Waals surface area (Å²) >= 11 is 2.30. The molecule has 1 aromatic rings. The summed E-state index contributed by atoms with van der Waals surface area (Å²) in [6.07, 6.45) is 0.326. The molecule has 1 unspecified atom stereocenters. The maximum absolute atomic E-state index is 10.6. The van der Waals surface area contributed by atoms with Gasteiger partial charge in [0, 0.05) is 28.6 Å². The molecule has 1 N–H and O–H groups in total. The molecule has 0 aliphatic carbocycles. The quantitative estimate of drug-likeness (QED) is 0.820. The second-order valence-corrected chi connectivity index (χ2v) is 6.85. The Balaban J connectivity index is 2.00. The Bertz CT molecular complexity index is 399. The topological polar surface area (TPSA) is 32.7 Å². The van der Waals surface area contributed by atoms with Crippen LogP contribution in [0.2, 0.25) is 0 Å². The standard InChI is InChI=1S/C15H22INO2/c1-15(2,17-7-9-19-10-8-17)14(18)11-12-3-5-13(16)6-4-12/h3-6,14,18H,7-11H2,1-2H3. The average molecular weight is 375 g/mol. The van der Waals surface area contributed by atoms with E-state index in [1.54, 1.807) is 0 Å². The van der Waals surface area contributed by atoms with Crippen LogP contribution in [0.3, 0.4) is 0 Å². The van der Waals surface area contributed by atoms with Crippen LogP contribution in [0, 0.1) is 3.57 Å². The van der Waals surface area contributed by atoms with E-state index in [-0.39, 0.29) is 11.6 Å². The van der Waals surface area contributed by atoms with E-state index in [1.165, 1.54) is 9.13 Å². The van der Waals surface area contributed by atoms with Crippen LogP contribution in [-0.4, -0.2) is 48.0 Å². The van der Waals surface area contributed by atoms with Gasteiger partial charge in [0.05, 0.1) is 19.3 Å². The minimum absolute atomic E-state index is 0.215. The first-order valence-corrected chi connectivity index (χ1v) is 7.83. The third-order valence-electron chi connectivity index (χ3n) is 3.98. The number of benzene rings is 1. The van der Waals surface area contributed by atoms with Crippen LogP contribution < -0.4 is 0 Å². The minimum Gasteiger partial charge on any atom is -0.391 e. The average Bonchev–Trinajstić information content (AvgIpc) is 2.42. The summed E-state index contributed by atoms with van der Waals surface area (Å²) in [5.41, 5.74) is 0.974. The third-order valence-corrected chi connectivity index (χ3v) is 4.70. The Morgan fingerprint density at radius 1 is 1.26 bits per heavy atom. The molecular weight excluding hydrogens is 353 g/mol. The lowest BCUT2D eigenvalue weighted by Crippen LogP contribution is -2.56. The molecule has 1 aliphatic rings. The van der Waals surface area contributed by atoms with E-state index in [0.717, 1.165) is 26.3 Å². The normalized spacial score (nSPS) is 19.4. The molecule has 4 heteroatoms. The van der Waals surface area contributed by atoms with Gasteiger partial charge in [-0.15, -0.1) is 0 Å². The van der Waals surface area contributed by atoms with Gasteiger partial charge in [-0.1, -0.05) is 12.1 Å². The zero-order chi connectivity index (χ0) is 13.9. The molecule has 106 valence electrons. The predicted molar refractivity (Wildman–Crippen MR) is 85.3 cm³/mol. The van der Waals surface area contributed by atoms with Crippen molar-refractivity contribution >= 4 is 22.6 Å². The van der Waals surface area contributed by atoms with Crippen LogP contribution in [0.15, 0.2) is 24.3 Å². The van der Waals surface area contributed by atoms with Crippen LogP contribution in [0.1, 0.15) is 19.4 Å². The molecule has 0 spiro atoms. The number of nitrogens with zero attached hydrogens (tertiary/aromatic N) is 1. The van der Waals surface area contributed by atoms with Gasteiger partial charge in [-0.2, -0.15) is 0 Å². The molecule has 19 heavy (non-hydrogen) atoms. The van der Waals surface area contributed by atoms with Crippen molar-refractivity contribution in [2.45, 2.75) is 31.9 Å². The molecule has 1 aliphatic heterocycles. The van der Waals surface area contributed by atoms with Crippen molar-refractivity contribution in [3.8, 4) is 0 Å². The molecule has 0 aromatic heterocycles. The van der Waals surface area contributed by atoms with Crippen LogP contribution in [0.4, 0.5) is 0 Å². The number of aliphatic hydroxyl groups is 1. The van der Waals surface area contributed by atoms with Gasteiger partial charge in [0.25, 0.3) is 0 Å². The molecule has 0 amide bonds. The first kappa shape index (κ1) is 15.2. The number of aliphatic hydroxyl groups excluding tert-OH is 1. The van der Waals surface area contributed by atoms with E-state index >= 15 is 0 Å². The summed E-state index contributed by atoms with van der Waals surface area (Å²) in [5, 5.41) is 10.6. The van der Waals surface area contributed by atoms with Gasteiger partial charge < -0.3 is 9.84 Å². The molecule has 1 fully saturated rings. The molecule has 2 rings (SSSR count). The van der Waals surface area contributed by atoms with E-state index in [1.807, 2.05) is 0 Å². The van der Waals surface area contributed by atoms with Crippen LogP contribution >= 0.6 is 22.6 Å². The highest BCUT2D eigenvalue weighted by Gasteiger charge is 2.35. The summed E-state index contributed by atoms with van der Waals surface area (Å²) in [5.74, 6) is 0. The molecule has 3 nitrogen and oxygen atoms in total. The van der Waals surface area contributed by atoms with E-state index < -0.39 is 0 Å². The maximum Gasteiger partial charge on any atom is 0.0758 e. The van der Waals surface area contributed by atoms with Gasteiger partial charge in [0.1, 0.15) is 0 Å². The van der Waals surface area contributed by atoms with Crippen molar-refractivity contribution in [3.05, 3.63) is 33.4 Å². The molecule has 1 saturated heterocycles. The first-order valence-electron chi connectivity index (χ1n) is 6.75. The molecule has 0 bridgehead atoms. The minimum atomic E-state index is -0.370. The van der Waals surface area contributed by atoms with Crippen molar-refractivity contribution in [1.82, 2.24) is 4.90 Å². The Morgan fingerprint density at radius 3 is 2.42 bits per heavy atom. The van der Waals surface area contributed by atoms with Crippen molar-refractivity contribution in [2.75, 3.05) is 26.3 Å². The summed E-state index contributed by atoms with van der Waals surface area (Å²) < 4.78 is 6.61. The van der Waals surface area contributed by atoms with Crippen LogP contribution in [-0.2, 0) is 11.2 Å². The Kier molecular flexibility index (Phi) is 5.22. The van der Waals surface area contributed by atoms with Gasteiger partial charge in [0.2, 0.25) is 0 Å². The van der Waals surface area contributed by atoms with E-state index in [0.29, 0.717) is 6.42 Å². The summed E-state index contributed by atoms with van der Waals surface area (Å²) in [6.45, 7) is 7.57. The fourth-order valence-corrected chi connectivity index (χ4v) is 2.80. The van der Waals surface area contributed by atoms with Gasteiger partial charge in [-0.05, 0) is 54.1 Å². The smallest absolute Gasteiger partial charge is 0.0758 e. The number of morpholine rings is 1. The lowest BCUT2D eigenvalue weighted by molar-refractivity contribution is -0.0612. The number of hydrogen-bond acceptors (Lipinski definition) is 3. The molecule has 0 radical (unpaired) electrons. The van der Waals surface area contributed by atoms with Gasteiger partial charge in [0.15, 0.2) is 0 Å². The predicted octanol–water partition coefficient (Wildman–Crippen LogP) is 2.31. The monoisotopic (exact) mass is 375 g/mol. The molecule has 1 aromatic carbocycles. The van der Waals surface area contributed by atoms with Gasteiger partial charge >= 0.3 is 0 Å². The van der Waals surface area contributed by atoms with Gasteiger partial charge in [-0.3, -0.25) is 4.90 Å². The maximum atomic E-state index is 10.6. The number of halogens is 1. The Labute approximate surface area is 129 Å². The summed E-state index contributed by atoms with van der Waals surface area (Å²) in [6, 6.07) is 8.37. The van der Waals surface area contributed by atoms with E-state index in [4.69, 9.17) is 4.74 Å². The highest BCUT2D eigenvalue weighted by molar-refractivity contribution is 14.1. The lowest BCUT2D eigenvalue weighted by atomic mass is 9.89. The summed E-state index contributed by atoms with van der Waals surface area (Å²) in [4.78, 5) is 2.33. The van der Waals surface area contributed by atoms with Crippen LogP contribution in [0.5, 0.6) is 0 Å². The number of hydrogen-bond donors (Lipinski definition) is 1. The highest BCUT2D eigenvalue weighted by atomic mass is 127. The fraction of sp³-hybridized carbons (Fsp3) is 0.600. The molecule has 0 saturated carbocycles. The van der Waals surface area contributed by atoms with Crippen molar-refractivity contribution in [3.63, 3.8) is 0 Å². The van der Waals surface area contributed by atoms with E-state index in [2.05, 4.69) is 65.6 Å². The highest BCUT2D eigenvalue weighted by Crippen LogP contribution is 2.23. The first-order chi connectivity index (χ1) is 9.00. The largest absolute Gasteiger partial charge is 0.391 e. The number of ether oxygens (including phenoxy) is 1. The van der Waals surface area contributed by atoms with Crippen molar-refractivity contribution < 1.29 is 9.84 Å². The fourth-order valence-electron chi connectivity index (χ4n) is 2.44. The van der Waals surface area contributed by atoms with Gasteiger partial charge in [-0.25, -0.2) is 0 Å². The Hall–Kier alpha value is -0.170. The van der Waals surface area contributed by atoms with Crippen molar-refractivity contribution in [2.24, 2.45) is 0 Å².